The summed E-state index contributed by atoms with van der Waals surface area (Å²) < 4.78 is 15.5. The molecule has 4 aliphatic rings. The molecule has 32 heavy (non-hydrogen) atoms. The zero-order valence-corrected chi connectivity index (χ0v) is 19.8. The molecule has 5 unspecified atom stereocenters. The molecular weight excluding hydrogens is 393 g/mol. The molecule has 6 atom stereocenters. The highest BCUT2D eigenvalue weighted by atomic mass is 19.1. The van der Waals surface area contributed by atoms with Gasteiger partial charge in [0.2, 0.25) is 0 Å². The van der Waals surface area contributed by atoms with E-state index in [-0.39, 0.29) is 5.41 Å². The molecule has 1 aromatic carbocycles. The fraction of sp³-hybridized carbons (Fsp3) is 0.533. The molecule has 0 amide bonds. The number of alkyl halides is 1. The summed E-state index contributed by atoms with van der Waals surface area (Å²) in [6.07, 6.45) is 8.65. The van der Waals surface area contributed by atoms with Crippen molar-refractivity contribution in [3.8, 4) is 12.0 Å². The monoisotopic (exact) mass is 429 g/mol. The van der Waals surface area contributed by atoms with Crippen LogP contribution in [0.1, 0.15) is 75.8 Å². The number of nitrogens with two attached hydrogens (primary N) is 1. The topological polar surface area (TPSA) is 26.0 Å². The van der Waals surface area contributed by atoms with Gasteiger partial charge in [-0.05, 0) is 91.8 Å². The highest BCUT2D eigenvalue weighted by Gasteiger charge is 2.63. The van der Waals surface area contributed by atoms with E-state index in [0.29, 0.717) is 17.8 Å². The predicted molar refractivity (Wildman–Crippen MR) is 131 cm³/mol. The lowest BCUT2D eigenvalue weighted by atomic mass is 9.48. The first kappa shape index (κ1) is 21.6. The van der Waals surface area contributed by atoms with Crippen molar-refractivity contribution < 1.29 is 4.39 Å². The molecule has 1 aromatic rings. The van der Waals surface area contributed by atoms with Crippen LogP contribution in [0.15, 0.2) is 59.2 Å². The number of fused-ring (bicyclic) bond motifs is 4. The van der Waals surface area contributed by atoms with Crippen molar-refractivity contribution in [3.05, 3.63) is 70.3 Å². The van der Waals surface area contributed by atoms with Crippen molar-refractivity contribution in [1.29, 1.82) is 0 Å². The van der Waals surface area contributed by atoms with Crippen LogP contribution in [0.4, 0.5) is 4.39 Å². The lowest BCUT2D eigenvalue weighted by Crippen LogP contribution is -2.50. The average molecular weight is 430 g/mol. The number of benzene rings is 1. The maximum atomic E-state index is 15.5. The van der Waals surface area contributed by atoms with E-state index in [1.54, 1.807) is 11.1 Å². The molecule has 2 N–H and O–H groups in total. The standard InChI is InChI=1S/C30H36FN/c1-19-5-8-21(9-6-19)25-18-30(4)26(13-15-29(30,3)27(31)14-16-32)24-12-10-22-17-20(2)7-11-23(22)28(24)25/h5-6,8-9,17,24-27H,2,7,10-13,15,18,32H2,1,3-4H3/t24?,25?,26?,27-,29?,30?/m1/s1. The minimum atomic E-state index is -1.17. The third-order valence-corrected chi connectivity index (χ3v) is 9.77. The van der Waals surface area contributed by atoms with Crippen molar-refractivity contribution in [2.75, 3.05) is 0 Å². The van der Waals surface area contributed by atoms with E-state index in [9.17, 15) is 0 Å². The summed E-state index contributed by atoms with van der Waals surface area (Å²) in [5.74, 6) is 4.11. The van der Waals surface area contributed by atoms with Crippen LogP contribution in [0, 0.1) is 41.6 Å². The van der Waals surface area contributed by atoms with Crippen LogP contribution in [0.3, 0.4) is 0 Å². The van der Waals surface area contributed by atoms with E-state index >= 15 is 4.39 Å². The summed E-state index contributed by atoms with van der Waals surface area (Å²) in [4.78, 5) is 0. The molecule has 2 fully saturated rings. The van der Waals surface area contributed by atoms with Crippen LogP contribution >= 0.6 is 0 Å². The van der Waals surface area contributed by atoms with Crippen molar-refractivity contribution in [1.82, 2.24) is 0 Å². The molecule has 0 bridgehead atoms. The van der Waals surface area contributed by atoms with Gasteiger partial charge in [-0.3, -0.25) is 0 Å². The van der Waals surface area contributed by atoms with Gasteiger partial charge in [0, 0.05) is 17.4 Å². The van der Waals surface area contributed by atoms with Gasteiger partial charge in [-0.1, -0.05) is 67.5 Å². The van der Waals surface area contributed by atoms with E-state index in [2.05, 4.69) is 69.7 Å². The normalized spacial score (nSPS) is 36.9. The van der Waals surface area contributed by atoms with E-state index in [1.165, 1.54) is 28.7 Å². The first-order valence-corrected chi connectivity index (χ1v) is 12.3. The Morgan fingerprint density at radius 3 is 2.59 bits per heavy atom. The van der Waals surface area contributed by atoms with Gasteiger partial charge in [-0.15, -0.1) is 0 Å². The number of aryl methyl sites for hydroxylation is 1. The summed E-state index contributed by atoms with van der Waals surface area (Å²) >= 11 is 0. The quantitative estimate of drug-likeness (QED) is 0.392. The molecule has 0 heterocycles. The first-order valence-electron chi connectivity index (χ1n) is 12.3. The first-order chi connectivity index (χ1) is 15.3. The SMILES string of the molecule is C=C1C=C2CCC3C(=C2CC1)C(c1ccc(C)cc1)CC1(C)C3CCC1(C)[C@H](F)C#CN. The Bertz CT molecular complexity index is 1060. The van der Waals surface area contributed by atoms with Crippen molar-refractivity contribution in [3.63, 3.8) is 0 Å². The molecule has 0 radical (unpaired) electrons. The summed E-state index contributed by atoms with van der Waals surface area (Å²) in [5, 5.41) is 0. The van der Waals surface area contributed by atoms with Crippen LogP contribution in [-0.2, 0) is 0 Å². The molecule has 168 valence electrons. The van der Waals surface area contributed by atoms with Gasteiger partial charge in [0.15, 0.2) is 6.17 Å². The predicted octanol–water partition coefficient (Wildman–Crippen LogP) is 7.15. The maximum Gasteiger partial charge on any atom is 0.168 e. The fourth-order valence-corrected chi connectivity index (χ4v) is 7.77. The summed E-state index contributed by atoms with van der Waals surface area (Å²) in [6.45, 7) is 10.9. The van der Waals surface area contributed by atoms with E-state index in [1.807, 2.05) is 0 Å². The summed E-state index contributed by atoms with van der Waals surface area (Å²) in [5.41, 5.74) is 13.7. The number of halogens is 1. The van der Waals surface area contributed by atoms with Gasteiger partial charge in [-0.2, -0.15) is 0 Å². The van der Waals surface area contributed by atoms with Crippen molar-refractivity contribution >= 4 is 0 Å². The second-order valence-electron chi connectivity index (χ2n) is 11.2. The lowest BCUT2D eigenvalue weighted by Gasteiger charge is -2.56. The second kappa shape index (κ2) is 7.65. The van der Waals surface area contributed by atoms with Gasteiger partial charge < -0.3 is 5.73 Å². The number of allylic oxidation sites excluding steroid dienone is 5. The Morgan fingerprint density at radius 2 is 1.88 bits per heavy atom. The Hall–Kier alpha value is -2.27. The highest BCUT2D eigenvalue weighted by molar-refractivity contribution is 5.51. The molecule has 1 nitrogen and oxygen atoms in total. The molecule has 2 heteroatoms. The van der Waals surface area contributed by atoms with Crippen LogP contribution in [0.2, 0.25) is 0 Å². The van der Waals surface area contributed by atoms with Gasteiger partial charge >= 0.3 is 0 Å². The van der Waals surface area contributed by atoms with E-state index in [0.717, 1.165) is 38.5 Å². The Balaban J connectivity index is 1.68. The molecule has 4 aliphatic carbocycles. The smallest absolute Gasteiger partial charge is 0.168 e. The zero-order chi connectivity index (χ0) is 22.7. The maximum absolute atomic E-state index is 15.5. The van der Waals surface area contributed by atoms with Gasteiger partial charge in [-0.25, -0.2) is 4.39 Å². The molecule has 2 saturated carbocycles. The second-order valence-corrected chi connectivity index (χ2v) is 11.2. The fourth-order valence-electron chi connectivity index (χ4n) is 7.77. The third kappa shape index (κ3) is 3.04. The molecule has 0 aromatic heterocycles. The minimum absolute atomic E-state index is 0.0972. The highest BCUT2D eigenvalue weighted by Crippen LogP contribution is 2.70. The largest absolute Gasteiger partial charge is 0.359 e. The van der Waals surface area contributed by atoms with Crippen molar-refractivity contribution in [2.24, 2.45) is 28.4 Å². The van der Waals surface area contributed by atoms with E-state index in [4.69, 9.17) is 5.73 Å². The van der Waals surface area contributed by atoms with Gasteiger partial charge in [0.05, 0.1) is 0 Å². The molecule has 5 rings (SSSR count). The van der Waals surface area contributed by atoms with Gasteiger partial charge in [0.1, 0.15) is 0 Å². The zero-order valence-electron chi connectivity index (χ0n) is 19.8. The minimum Gasteiger partial charge on any atom is -0.359 e. The molecule has 0 aliphatic heterocycles. The van der Waals surface area contributed by atoms with Crippen LogP contribution in [0.25, 0.3) is 0 Å². The Morgan fingerprint density at radius 1 is 1.12 bits per heavy atom. The van der Waals surface area contributed by atoms with Gasteiger partial charge in [0.25, 0.3) is 0 Å². The number of hydrogen-bond donors (Lipinski definition) is 1. The Kier molecular flexibility index (Phi) is 5.16. The molecule has 0 spiro atoms. The molecular formula is C30H36FN. The third-order valence-electron chi connectivity index (χ3n) is 9.77. The summed E-state index contributed by atoms with van der Waals surface area (Å²) in [7, 11) is 0. The molecule has 0 saturated heterocycles. The number of rotatable bonds is 2. The van der Waals surface area contributed by atoms with Crippen molar-refractivity contribution in [2.45, 2.75) is 77.8 Å². The average Bonchev–Trinajstić information content (AvgIpc) is 3.05. The van der Waals surface area contributed by atoms with Crippen LogP contribution in [0.5, 0.6) is 0 Å². The van der Waals surface area contributed by atoms with Crippen LogP contribution < -0.4 is 5.73 Å². The van der Waals surface area contributed by atoms with Crippen LogP contribution in [-0.4, -0.2) is 6.17 Å². The Labute approximate surface area is 193 Å². The lowest BCUT2D eigenvalue weighted by molar-refractivity contribution is -0.0268. The van der Waals surface area contributed by atoms with E-state index < -0.39 is 11.6 Å². The number of hydrogen-bond acceptors (Lipinski definition) is 1. The summed E-state index contributed by atoms with van der Waals surface area (Å²) in [6, 6.07) is 11.5.